The molecule has 0 saturated carbocycles. The number of benzene rings is 7. The summed E-state index contributed by atoms with van der Waals surface area (Å²) in [6, 6.07) is 31.7. The van der Waals surface area contributed by atoms with E-state index in [-0.39, 0.29) is 77.4 Å². The number of aromatic hydroxyl groups is 1. The molecule has 0 unspecified atom stereocenters. The molecule has 33 heteroatoms. The lowest BCUT2D eigenvalue weighted by atomic mass is 10.1. The van der Waals surface area contributed by atoms with E-state index in [1.165, 1.54) is 30.3 Å². The van der Waals surface area contributed by atoms with Gasteiger partial charge in [-0.15, -0.1) is 45.7 Å². The maximum absolute atomic E-state index is 11.9. The molecule has 0 aliphatic rings. The van der Waals surface area contributed by atoms with Gasteiger partial charge in [-0.2, -0.15) is 45.7 Å². The van der Waals surface area contributed by atoms with E-state index in [0.717, 1.165) is 28.6 Å². The smallest absolute Gasteiger partial charge is 0.425 e. The number of phenolic OH excluding ortho intramolecular Hbond substituents is 1. The number of ether oxygens (including phenoxy) is 3. The number of methoxy groups -OCH3 is 1. The second-order valence-corrected chi connectivity index (χ2v) is 22.8. The maximum atomic E-state index is 11.9. The zero-order valence-corrected chi connectivity index (χ0v) is 48.8. The number of aryl methyl sites for hydroxylation is 4. The second kappa shape index (κ2) is 29.9. The number of hydrogen-bond acceptors (Lipinski definition) is 25. The minimum Gasteiger partial charge on any atom is -0.505 e. The molecule has 0 spiro atoms. The van der Waals surface area contributed by atoms with E-state index < -0.39 is 68.0 Å². The van der Waals surface area contributed by atoms with Gasteiger partial charge in [0.15, 0.2) is 5.75 Å². The largest absolute Gasteiger partial charge is 0.505 e. The molecule has 0 atom stereocenters. The van der Waals surface area contributed by atoms with E-state index in [4.69, 9.17) is 39.5 Å². The van der Waals surface area contributed by atoms with Gasteiger partial charge in [0, 0.05) is 28.9 Å². The summed E-state index contributed by atoms with van der Waals surface area (Å²) >= 11 is 0. The molecule has 0 aliphatic heterocycles. The second-order valence-electron chi connectivity index (χ2n) is 17.5. The fourth-order valence-corrected chi connectivity index (χ4v) is 8.85. The molecule has 0 amide bonds. The van der Waals surface area contributed by atoms with Crippen LogP contribution in [0.1, 0.15) is 35.1 Å². The van der Waals surface area contributed by atoms with Gasteiger partial charge in [-0.25, -0.2) is 0 Å². The highest BCUT2D eigenvalue weighted by molar-refractivity contribution is 7.86. The number of fused-ring (bicyclic) bond motifs is 1. The van der Waals surface area contributed by atoms with E-state index in [0.29, 0.717) is 39.0 Å². The normalized spacial score (nSPS) is 11.8. The summed E-state index contributed by atoms with van der Waals surface area (Å²) in [7, 11) is -17.8. The standard InChI is InChI=1S/C51H51N9O13S3.2O3S/c1-31-25-43(32(2)24-42(31)55-54-41-19-12-35-28-37(15-18-39(35)51(41)61)52-36-13-16-38(71-5)17-14-36)56-59-46-27-34(4)45(30-49(46)73-21-9-23-75(65,66)67)58-60-47-26-33(3)44(29-48(47)72-20-8-22-74(62,63)64)57-53-40-10-6-7-11-50(40)76(68,69)70;2*1-4(2)3/h6-7,10-19,24-30,52,61H,8-9,20-23H2,1-5H3,(H,62,63,64)(H,65,66,67)(H,68,69,70);;. The van der Waals surface area contributed by atoms with Crippen molar-refractivity contribution in [1.82, 2.24) is 0 Å². The summed E-state index contributed by atoms with van der Waals surface area (Å²) in [5.41, 5.74) is 6.08. The Kier molecular flexibility index (Phi) is 23.5. The highest BCUT2D eigenvalue weighted by atomic mass is 32.2. The molecule has 0 heterocycles. The fraction of sp³-hybridized carbons (Fsp3) is 0.216. The van der Waals surface area contributed by atoms with Crippen molar-refractivity contribution in [2.24, 2.45) is 40.9 Å². The van der Waals surface area contributed by atoms with Gasteiger partial charge in [-0.05, 0) is 153 Å². The summed E-state index contributed by atoms with van der Waals surface area (Å²) in [4.78, 5) is -0.469. The average molecular weight is 1250 g/mol. The molecule has 28 nitrogen and oxygen atoms in total. The van der Waals surface area contributed by atoms with Crippen LogP contribution in [-0.4, -0.2) is 101 Å². The SMILES string of the molecule is COc1ccc(Nc2ccc3c(O)c(N=Nc4cc(C)c(N=Nc5cc(C)c(N=Nc6cc(C)c(N=Nc7ccccc7S(=O)(=O)O)cc6OCCCS(=O)(=O)O)cc5OCCCS(=O)(=O)O)cc4C)ccc3c2)cc1.O=S(=O)=O.O=S(=O)=O. The van der Waals surface area contributed by atoms with Gasteiger partial charge < -0.3 is 24.6 Å². The lowest BCUT2D eigenvalue weighted by Crippen LogP contribution is -2.08. The van der Waals surface area contributed by atoms with Crippen LogP contribution in [0.3, 0.4) is 0 Å². The van der Waals surface area contributed by atoms with Crippen LogP contribution in [0, 0.1) is 27.7 Å². The maximum Gasteiger partial charge on any atom is 0.425 e. The summed E-state index contributed by atoms with van der Waals surface area (Å²) < 4.78 is 166. The van der Waals surface area contributed by atoms with E-state index in [1.807, 2.05) is 56.3 Å². The molecule has 7 rings (SSSR count). The molecule has 84 heavy (non-hydrogen) atoms. The molecule has 0 aliphatic carbocycles. The van der Waals surface area contributed by atoms with Crippen molar-refractivity contribution in [3.8, 4) is 23.0 Å². The van der Waals surface area contributed by atoms with Crippen LogP contribution >= 0.6 is 0 Å². The van der Waals surface area contributed by atoms with Crippen LogP contribution in [0.25, 0.3) is 10.8 Å². The van der Waals surface area contributed by atoms with Crippen LogP contribution in [0.4, 0.5) is 56.9 Å². The van der Waals surface area contributed by atoms with E-state index in [2.05, 4.69) is 46.2 Å². The first kappa shape index (κ1) is 66.0. The molecule has 7 aromatic carbocycles. The highest BCUT2D eigenvalue weighted by Crippen LogP contribution is 2.42. The Morgan fingerprint density at radius 2 is 0.857 bits per heavy atom. The van der Waals surface area contributed by atoms with Gasteiger partial charge in [0.2, 0.25) is 0 Å². The number of nitrogens with one attached hydrogen (secondary N) is 1. The number of azo groups is 4. The molecule has 7 aromatic rings. The van der Waals surface area contributed by atoms with Gasteiger partial charge in [0.1, 0.15) is 44.9 Å². The number of anilines is 2. The van der Waals surface area contributed by atoms with Crippen LogP contribution in [0.5, 0.6) is 23.0 Å². The molecular formula is C51H51N9O19S5. The van der Waals surface area contributed by atoms with Crippen molar-refractivity contribution < 1.29 is 83.5 Å². The van der Waals surface area contributed by atoms with Crippen molar-refractivity contribution in [2.45, 2.75) is 45.4 Å². The molecule has 5 N–H and O–H groups in total. The van der Waals surface area contributed by atoms with Crippen molar-refractivity contribution >= 4 is 119 Å². The van der Waals surface area contributed by atoms with E-state index in [9.17, 15) is 44.0 Å². The Morgan fingerprint density at radius 3 is 1.30 bits per heavy atom. The molecular weight excluding hydrogens is 1200 g/mol. The first-order valence-electron chi connectivity index (χ1n) is 24.0. The zero-order chi connectivity index (χ0) is 61.9. The molecule has 444 valence electrons. The van der Waals surface area contributed by atoms with Crippen molar-refractivity contribution in [3.05, 3.63) is 138 Å². The number of rotatable bonds is 22. The summed E-state index contributed by atoms with van der Waals surface area (Å²) in [6.45, 7) is 6.67. The van der Waals surface area contributed by atoms with Crippen LogP contribution in [0.15, 0.2) is 161 Å². The Labute approximate surface area is 484 Å². The zero-order valence-electron chi connectivity index (χ0n) is 44.7. The summed E-state index contributed by atoms with van der Waals surface area (Å²) in [5, 5.41) is 50.8. The van der Waals surface area contributed by atoms with Crippen molar-refractivity contribution in [2.75, 3.05) is 37.1 Å². The van der Waals surface area contributed by atoms with Gasteiger partial charge in [0.25, 0.3) is 30.4 Å². The van der Waals surface area contributed by atoms with Crippen LogP contribution in [-0.2, 0) is 51.6 Å². The predicted octanol–water partition coefficient (Wildman–Crippen LogP) is 11.7. The average Bonchev–Trinajstić information content (AvgIpc) is 3.38. The fourth-order valence-electron chi connectivity index (χ4n) is 7.27. The lowest BCUT2D eigenvalue weighted by Gasteiger charge is -2.12. The highest BCUT2D eigenvalue weighted by Gasteiger charge is 2.17. The topological polar surface area (TPSA) is 424 Å². The van der Waals surface area contributed by atoms with E-state index in [1.54, 1.807) is 57.4 Å². The first-order chi connectivity index (χ1) is 39.5. The minimum absolute atomic E-state index is 0.0315. The van der Waals surface area contributed by atoms with Gasteiger partial charge in [0.05, 0.1) is 54.6 Å². The molecule has 0 radical (unpaired) electrons. The molecule has 0 bridgehead atoms. The first-order valence-corrected chi connectivity index (χ1v) is 30.7. The van der Waals surface area contributed by atoms with Crippen LogP contribution < -0.4 is 19.5 Å². The third-order valence-electron chi connectivity index (χ3n) is 11.2. The van der Waals surface area contributed by atoms with Gasteiger partial charge >= 0.3 is 21.2 Å². The van der Waals surface area contributed by atoms with Crippen molar-refractivity contribution in [3.63, 3.8) is 0 Å². The number of hydrogen-bond donors (Lipinski definition) is 5. The predicted molar refractivity (Wildman–Crippen MR) is 306 cm³/mol. The molecule has 0 fully saturated rings. The number of phenols is 1. The Bertz CT molecular complexity index is 4250. The Hall–Kier alpha value is -8.83. The van der Waals surface area contributed by atoms with E-state index >= 15 is 0 Å². The summed E-state index contributed by atoms with van der Waals surface area (Å²) in [5.74, 6) is -0.245. The van der Waals surface area contributed by atoms with Gasteiger partial charge in [-0.3, -0.25) is 13.7 Å². The molecule has 0 saturated heterocycles. The van der Waals surface area contributed by atoms with Crippen LogP contribution in [0.2, 0.25) is 0 Å². The minimum atomic E-state index is -4.63. The third-order valence-corrected chi connectivity index (χ3v) is 13.7. The van der Waals surface area contributed by atoms with Gasteiger partial charge in [-0.1, -0.05) is 18.2 Å². The third kappa shape index (κ3) is 21.2. The molecule has 0 aromatic heterocycles. The Balaban J connectivity index is 0.00000151. The lowest BCUT2D eigenvalue weighted by molar-refractivity contribution is 0.317. The number of nitrogens with zero attached hydrogens (tertiary/aromatic N) is 8. The monoisotopic (exact) mass is 1250 g/mol. The summed E-state index contributed by atoms with van der Waals surface area (Å²) in [6.07, 6.45) is -0.174. The quantitative estimate of drug-likeness (QED) is 0.0239. The Morgan fingerprint density at radius 1 is 0.464 bits per heavy atom. The van der Waals surface area contributed by atoms with Crippen molar-refractivity contribution in [1.29, 1.82) is 0 Å².